The Bertz CT molecular complexity index is 1030. The van der Waals surface area contributed by atoms with Crippen LogP contribution in [0.15, 0.2) is 46.4 Å². The molecule has 0 spiro atoms. The molecule has 0 heterocycles. The summed E-state index contributed by atoms with van der Waals surface area (Å²) in [6, 6.07) is 10.1. The van der Waals surface area contributed by atoms with Gasteiger partial charge in [0.1, 0.15) is 17.3 Å². The molecule has 0 saturated carbocycles. The van der Waals surface area contributed by atoms with Crippen molar-refractivity contribution in [2.24, 2.45) is 9.98 Å². The van der Waals surface area contributed by atoms with E-state index in [9.17, 15) is 15.0 Å². The van der Waals surface area contributed by atoms with Crippen molar-refractivity contribution in [2.45, 2.75) is 20.3 Å². The predicted octanol–water partition coefficient (Wildman–Crippen LogP) is 1.65. The molecule has 0 fully saturated rings. The number of ketones is 1. The van der Waals surface area contributed by atoms with Gasteiger partial charge in [-0.2, -0.15) is 0 Å². The number of hydrogen-bond acceptors (Lipinski definition) is 16. The van der Waals surface area contributed by atoms with Gasteiger partial charge in [0.05, 0.1) is 29.5 Å². The van der Waals surface area contributed by atoms with E-state index in [1.807, 2.05) is 0 Å². The second-order valence-corrected chi connectivity index (χ2v) is 6.76. The van der Waals surface area contributed by atoms with Crippen LogP contribution in [0.2, 0.25) is 0 Å². The Morgan fingerprint density at radius 1 is 0.721 bits per heavy atom. The topological polar surface area (TPSA) is 305 Å². The number of ether oxygens (including phenoxy) is 2. The zero-order valence-electron chi connectivity index (χ0n) is 22.9. The minimum Gasteiger partial charge on any atom is -0.870 e. The third-order valence-corrected chi connectivity index (χ3v) is 3.49. The van der Waals surface area contributed by atoms with Crippen LogP contribution in [-0.4, -0.2) is 60.8 Å². The van der Waals surface area contributed by atoms with Crippen molar-refractivity contribution in [3.63, 3.8) is 0 Å². The number of Topliss-reactive ketones (excluding diaryl/α,β-unsaturated/α-hetero) is 1. The van der Waals surface area contributed by atoms with Crippen molar-refractivity contribution in [3.05, 3.63) is 93.5 Å². The molecule has 21 heteroatoms. The van der Waals surface area contributed by atoms with Crippen molar-refractivity contribution in [1.29, 1.82) is 0 Å². The molecule has 43 heavy (non-hydrogen) atoms. The number of nitrogens with zero attached hydrogens (tertiary/aromatic N) is 5. The van der Waals surface area contributed by atoms with Crippen LogP contribution in [0.25, 0.3) is 0 Å². The van der Waals surface area contributed by atoms with Gasteiger partial charge in [-0.05, 0) is 43.5 Å². The molecule has 0 unspecified atom stereocenters. The number of methoxy groups -OCH3 is 2. The molecule has 0 aromatic heterocycles. The Balaban J connectivity index is -0.000000222. The monoisotopic (exact) mass is 799 g/mol. The first kappa shape index (κ1) is 48.8. The number of aliphatic imine (C=N–C) groups is 2. The number of benzene rings is 2. The van der Waals surface area contributed by atoms with E-state index < -0.39 is 15.3 Å². The quantitative estimate of drug-likeness (QED) is 0.121. The van der Waals surface area contributed by atoms with E-state index in [2.05, 4.69) is 9.98 Å². The molecule has 0 N–H and O–H groups in total. The van der Waals surface area contributed by atoms with Gasteiger partial charge in [-0.25, -0.2) is 0 Å². The van der Waals surface area contributed by atoms with Gasteiger partial charge >= 0.3 is 57.5 Å². The minimum atomic E-state index is -1.75. The molecular formula is C22H26CuN5O14Sm. The van der Waals surface area contributed by atoms with E-state index in [0.717, 1.165) is 0 Å². The van der Waals surface area contributed by atoms with Gasteiger partial charge in [0.15, 0.2) is 0 Å². The molecule has 0 bridgehead atoms. The minimum absolute atomic E-state index is 0. The Morgan fingerprint density at radius 2 is 0.977 bits per heavy atom. The zero-order chi connectivity index (χ0) is 32.4. The summed E-state index contributed by atoms with van der Waals surface area (Å²) >= 11 is 0. The van der Waals surface area contributed by atoms with E-state index in [1.54, 1.807) is 48.8 Å². The van der Waals surface area contributed by atoms with Gasteiger partial charge in [0.25, 0.3) is 0 Å². The Kier molecular flexibility index (Phi) is 35.3. The van der Waals surface area contributed by atoms with Crippen molar-refractivity contribution < 1.29 is 97.2 Å². The summed E-state index contributed by atoms with van der Waals surface area (Å²) in [4.78, 5) is 42.7. The molecule has 2 aromatic rings. The number of para-hydroxylation sites is 2. The van der Waals surface area contributed by atoms with Crippen LogP contribution in [0.1, 0.15) is 31.4 Å². The Hall–Kier alpha value is -3.89. The van der Waals surface area contributed by atoms with Crippen molar-refractivity contribution in [2.75, 3.05) is 27.3 Å². The third kappa shape index (κ3) is 34.2. The molecule has 0 amide bonds. The molecule has 2 rings (SSSR count). The predicted molar refractivity (Wildman–Crippen MR) is 142 cm³/mol. The fourth-order valence-corrected chi connectivity index (χ4v) is 2.17. The number of carbonyl (C=O) groups excluding carboxylic acids is 1. The van der Waals surface area contributed by atoms with Gasteiger partial charge in [-0.1, -0.05) is 35.8 Å². The van der Waals surface area contributed by atoms with Gasteiger partial charge < -0.3 is 70.4 Å². The molecule has 0 saturated heterocycles. The SMILES string of the molecule is CC(C)=O.COc1cccc(C=NCCCN=Cc2cccc(OC)c2[O-])c1[O-].O=[N+]([O-])[O-].O=[N+]([O-])[O-].O=[N+]([O-])[O-].[Cu+2].[Sm+3]. The van der Waals surface area contributed by atoms with Crippen molar-refractivity contribution >= 4 is 18.2 Å². The van der Waals surface area contributed by atoms with E-state index in [-0.39, 0.29) is 74.7 Å². The smallest absolute Gasteiger partial charge is 0.870 e. The molecule has 19 nitrogen and oxygen atoms in total. The first-order chi connectivity index (χ1) is 19.1. The summed E-state index contributed by atoms with van der Waals surface area (Å²) in [5.41, 5.74) is 0.991. The van der Waals surface area contributed by atoms with Crippen LogP contribution in [-0.2, 0) is 21.9 Å². The maximum Gasteiger partial charge on any atom is 3.00 e. The average Bonchev–Trinajstić information content (AvgIpc) is 2.84. The first-order valence-electron chi connectivity index (χ1n) is 10.7. The van der Waals surface area contributed by atoms with Crippen LogP contribution in [0.3, 0.4) is 0 Å². The first-order valence-corrected chi connectivity index (χ1v) is 10.7. The third-order valence-electron chi connectivity index (χ3n) is 3.49. The average molecular weight is 798 g/mol. The summed E-state index contributed by atoms with van der Waals surface area (Å²) in [5.74, 6) is 0.432. The maximum absolute atomic E-state index is 11.9. The standard InChI is InChI=1S/C19H22N2O4.C3H6O.Cu.3NO3.Sm/c1-24-16-8-3-6-14(18(16)22)12-20-10-5-11-21-13-15-7-4-9-17(25-2)19(15)23;1-3(2)4;;3*2-1(3)4;/h3-4,6-9,12-13,22-23H,5,10-11H2,1-2H3;1-2H3;;;;;/q;;+2;3*-1;+3/p-2. The molecule has 2 aromatic carbocycles. The van der Waals surface area contributed by atoms with Crippen LogP contribution >= 0.6 is 0 Å². The maximum atomic E-state index is 11.9. The fraction of sp³-hybridized carbons (Fsp3) is 0.318. The molecule has 0 aliphatic carbocycles. The van der Waals surface area contributed by atoms with E-state index in [0.29, 0.717) is 42.1 Å². The molecule has 2 radical (unpaired) electrons. The summed E-state index contributed by atoms with van der Waals surface area (Å²) in [7, 11) is 2.93. The molecule has 0 aliphatic heterocycles. The zero-order valence-corrected chi connectivity index (χ0v) is 26.5. The Morgan fingerprint density at radius 3 is 1.21 bits per heavy atom. The van der Waals surface area contributed by atoms with Gasteiger partial charge in [0, 0.05) is 25.5 Å². The van der Waals surface area contributed by atoms with Gasteiger partial charge in [-0.15, -0.1) is 0 Å². The second kappa shape index (κ2) is 31.1. The second-order valence-electron chi connectivity index (χ2n) is 6.76. The van der Waals surface area contributed by atoms with E-state index in [1.165, 1.54) is 28.1 Å². The molecular weight excluding hydrogens is 772 g/mol. The van der Waals surface area contributed by atoms with Crippen LogP contribution in [0.5, 0.6) is 23.0 Å². The van der Waals surface area contributed by atoms with E-state index in [4.69, 9.17) is 55.4 Å². The van der Waals surface area contributed by atoms with E-state index >= 15 is 0 Å². The summed E-state index contributed by atoms with van der Waals surface area (Å²) in [6.07, 6.45) is 3.81. The number of hydrogen-bond donors (Lipinski definition) is 0. The number of carbonyl (C=O) groups is 1. The van der Waals surface area contributed by atoms with Crippen molar-refractivity contribution in [3.8, 4) is 23.0 Å². The van der Waals surface area contributed by atoms with Gasteiger partial charge in [0.2, 0.25) is 0 Å². The van der Waals surface area contributed by atoms with Crippen LogP contribution < -0.4 is 19.7 Å². The Labute approximate surface area is 287 Å². The molecule has 0 atom stereocenters. The number of rotatable bonds is 8. The molecule has 0 aliphatic rings. The summed E-state index contributed by atoms with van der Waals surface area (Å²) in [5, 5.41) is 68.1. The normalized spacial score (nSPS) is 8.84. The van der Waals surface area contributed by atoms with Crippen LogP contribution in [0, 0.1) is 86.4 Å². The van der Waals surface area contributed by atoms with Crippen molar-refractivity contribution in [1.82, 2.24) is 0 Å². The summed E-state index contributed by atoms with van der Waals surface area (Å²) in [6.45, 7) is 4.13. The van der Waals surface area contributed by atoms with Crippen LogP contribution in [0.4, 0.5) is 0 Å². The van der Waals surface area contributed by atoms with Gasteiger partial charge in [-0.3, -0.25) is 9.98 Å². The molecule has 240 valence electrons. The summed E-state index contributed by atoms with van der Waals surface area (Å²) < 4.78 is 9.97. The fourth-order valence-electron chi connectivity index (χ4n) is 2.17. The largest absolute Gasteiger partial charge is 3.00 e.